The number of nitrogens with zero attached hydrogens (tertiary/aromatic N) is 2. The van der Waals surface area contributed by atoms with Gasteiger partial charge in [0.15, 0.2) is 5.82 Å². The molecule has 2 rings (SSSR count). The molecule has 0 amide bonds. The van der Waals surface area contributed by atoms with E-state index in [0.717, 1.165) is 18.4 Å². The highest BCUT2D eigenvalue weighted by Gasteiger charge is 2.16. The molecule has 1 heterocycles. The van der Waals surface area contributed by atoms with Crippen molar-refractivity contribution in [3.63, 3.8) is 0 Å². The third kappa shape index (κ3) is 2.88. The fourth-order valence-electron chi connectivity index (χ4n) is 1.72. The predicted molar refractivity (Wildman–Crippen MR) is 67.9 cm³/mol. The number of alkyl halides is 1. The van der Waals surface area contributed by atoms with Gasteiger partial charge in [-0.2, -0.15) is 4.98 Å². The van der Waals surface area contributed by atoms with Crippen LogP contribution < -0.4 is 0 Å². The van der Waals surface area contributed by atoms with Crippen LogP contribution in [0, 0.1) is 12.7 Å². The van der Waals surface area contributed by atoms with E-state index in [1.807, 2.05) is 13.8 Å². The third-order valence-corrected chi connectivity index (χ3v) is 2.97. The maximum Gasteiger partial charge on any atom is 0.258 e. The Labute approximate surface area is 110 Å². The van der Waals surface area contributed by atoms with Crippen molar-refractivity contribution in [2.24, 2.45) is 0 Å². The lowest BCUT2D eigenvalue weighted by molar-refractivity contribution is 0.420. The first kappa shape index (κ1) is 13.0. The van der Waals surface area contributed by atoms with E-state index in [2.05, 4.69) is 10.1 Å². The largest absolute Gasteiger partial charge is 0.334 e. The van der Waals surface area contributed by atoms with Crippen LogP contribution in [0.1, 0.15) is 36.5 Å². The lowest BCUT2D eigenvalue weighted by atomic mass is 10.1. The van der Waals surface area contributed by atoms with Crippen LogP contribution in [0.25, 0.3) is 11.5 Å². The molecular formula is C13H14ClFN2O. The molecule has 0 spiro atoms. The number of hydrogen-bond acceptors (Lipinski definition) is 3. The average Bonchev–Trinajstić information content (AvgIpc) is 2.77. The fraction of sp³-hybridized carbons (Fsp3) is 0.385. The van der Waals surface area contributed by atoms with Crippen molar-refractivity contribution < 1.29 is 8.91 Å². The molecule has 0 bridgehead atoms. The molecule has 1 aromatic carbocycles. The highest BCUT2D eigenvalue weighted by Crippen LogP contribution is 2.26. The van der Waals surface area contributed by atoms with Crippen LogP contribution in [0.4, 0.5) is 4.39 Å². The van der Waals surface area contributed by atoms with Crippen molar-refractivity contribution in [1.82, 2.24) is 10.1 Å². The predicted octanol–water partition coefficient (Wildman–Crippen LogP) is 4.26. The smallest absolute Gasteiger partial charge is 0.258 e. The summed E-state index contributed by atoms with van der Waals surface area (Å²) in [5.74, 6) is 0.436. The molecule has 0 saturated carbocycles. The quantitative estimate of drug-likeness (QED) is 0.778. The van der Waals surface area contributed by atoms with Gasteiger partial charge in [-0.25, -0.2) is 4.39 Å². The Morgan fingerprint density at radius 3 is 2.83 bits per heavy atom. The Kier molecular flexibility index (Phi) is 3.97. The molecule has 3 nitrogen and oxygen atoms in total. The molecule has 0 saturated heterocycles. The minimum absolute atomic E-state index is 0.262. The summed E-state index contributed by atoms with van der Waals surface area (Å²) in [5.41, 5.74) is 1.38. The molecule has 0 N–H and O–H groups in total. The SMILES string of the molecule is CCCC(Cl)c1noc(-c2cc(C)cc(F)c2)n1. The van der Waals surface area contributed by atoms with Gasteiger partial charge in [0.2, 0.25) is 0 Å². The maximum atomic E-state index is 13.3. The molecule has 2 aromatic rings. The van der Waals surface area contributed by atoms with Gasteiger partial charge in [0.05, 0.1) is 5.38 Å². The second kappa shape index (κ2) is 5.48. The summed E-state index contributed by atoms with van der Waals surface area (Å²) in [5, 5.41) is 3.57. The topological polar surface area (TPSA) is 38.9 Å². The van der Waals surface area contributed by atoms with Gasteiger partial charge in [0.1, 0.15) is 5.82 Å². The van der Waals surface area contributed by atoms with Gasteiger partial charge in [-0.15, -0.1) is 11.6 Å². The van der Waals surface area contributed by atoms with Gasteiger partial charge in [0.25, 0.3) is 5.89 Å². The van der Waals surface area contributed by atoms with E-state index < -0.39 is 0 Å². The van der Waals surface area contributed by atoms with Crippen molar-refractivity contribution in [3.8, 4) is 11.5 Å². The zero-order valence-electron chi connectivity index (χ0n) is 10.3. The van der Waals surface area contributed by atoms with E-state index in [4.69, 9.17) is 16.1 Å². The monoisotopic (exact) mass is 268 g/mol. The first-order valence-electron chi connectivity index (χ1n) is 5.85. The molecule has 96 valence electrons. The summed E-state index contributed by atoms with van der Waals surface area (Å²) in [6, 6.07) is 4.61. The van der Waals surface area contributed by atoms with Crippen LogP contribution in [0.3, 0.4) is 0 Å². The highest BCUT2D eigenvalue weighted by atomic mass is 35.5. The molecule has 1 unspecified atom stereocenters. The zero-order chi connectivity index (χ0) is 13.1. The molecule has 1 atom stereocenters. The number of rotatable bonds is 4. The minimum Gasteiger partial charge on any atom is -0.334 e. The Balaban J connectivity index is 2.29. The Bertz CT molecular complexity index is 521. The molecule has 0 aliphatic heterocycles. The number of halogens is 2. The minimum atomic E-state index is -0.319. The van der Waals surface area contributed by atoms with Crippen molar-refractivity contribution in [3.05, 3.63) is 35.4 Å². The molecule has 0 fully saturated rings. The van der Waals surface area contributed by atoms with Gasteiger partial charge in [0, 0.05) is 5.56 Å². The Morgan fingerprint density at radius 1 is 1.39 bits per heavy atom. The van der Waals surface area contributed by atoms with Gasteiger partial charge < -0.3 is 4.52 Å². The van der Waals surface area contributed by atoms with E-state index in [1.54, 1.807) is 6.07 Å². The normalized spacial score (nSPS) is 12.7. The van der Waals surface area contributed by atoms with E-state index in [-0.39, 0.29) is 11.2 Å². The number of aryl methyl sites for hydroxylation is 1. The van der Waals surface area contributed by atoms with Gasteiger partial charge in [-0.3, -0.25) is 0 Å². The maximum absolute atomic E-state index is 13.3. The average molecular weight is 269 g/mol. The molecule has 5 heteroatoms. The summed E-state index contributed by atoms with van der Waals surface area (Å²) in [7, 11) is 0. The van der Waals surface area contributed by atoms with E-state index in [0.29, 0.717) is 17.3 Å². The second-order valence-electron chi connectivity index (χ2n) is 4.23. The fourth-order valence-corrected chi connectivity index (χ4v) is 2.03. The lowest BCUT2D eigenvalue weighted by Crippen LogP contribution is -1.92. The van der Waals surface area contributed by atoms with Crippen LogP contribution in [0.5, 0.6) is 0 Å². The van der Waals surface area contributed by atoms with Crippen molar-refractivity contribution in [2.75, 3.05) is 0 Å². The highest BCUT2D eigenvalue weighted by molar-refractivity contribution is 6.20. The Hall–Kier alpha value is -1.42. The summed E-state index contributed by atoms with van der Waals surface area (Å²) in [6.07, 6.45) is 1.72. The summed E-state index contributed by atoms with van der Waals surface area (Å²) in [4.78, 5) is 4.20. The van der Waals surface area contributed by atoms with Crippen molar-refractivity contribution >= 4 is 11.6 Å². The molecule has 0 aliphatic rings. The van der Waals surface area contributed by atoms with Crippen LogP contribution in [-0.4, -0.2) is 10.1 Å². The first-order valence-corrected chi connectivity index (χ1v) is 6.29. The van der Waals surface area contributed by atoms with Crippen LogP contribution in [-0.2, 0) is 0 Å². The molecular weight excluding hydrogens is 255 g/mol. The standard InChI is InChI=1S/C13H14ClFN2O/c1-3-4-11(14)12-16-13(18-17-12)9-5-8(2)6-10(15)7-9/h5-7,11H,3-4H2,1-2H3. The van der Waals surface area contributed by atoms with Gasteiger partial charge >= 0.3 is 0 Å². The Morgan fingerprint density at radius 2 is 2.17 bits per heavy atom. The van der Waals surface area contributed by atoms with Gasteiger partial charge in [-0.05, 0) is 37.1 Å². The van der Waals surface area contributed by atoms with Crippen LogP contribution in [0.15, 0.2) is 22.7 Å². The van der Waals surface area contributed by atoms with Gasteiger partial charge in [-0.1, -0.05) is 18.5 Å². The van der Waals surface area contributed by atoms with E-state index >= 15 is 0 Å². The van der Waals surface area contributed by atoms with Crippen LogP contribution >= 0.6 is 11.6 Å². The molecule has 0 radical (unpaired) electrons. The lowest BCUT2D eigenvalue weighted by Gasteiger charge is -2.00. The summed E-state index contributed by atoms with van der Waals surface area (Å²) >= 11 is 6.11. The summed E-state index contributed by atoms with van der Waals surface area (Å²) in [6.45, 7) is 3.84. The van der Waals surface area contributed by atoms with E-state index in [9.17, 15) is 4.39 Å². The van der Waals surface area contributed by atoms with Crippen molar-refractivity contribution in [1.29, 1.82) is 0 Å². The second-order valence-corrected chi connectivity index (χ2v) is 4.76. The van der Waals surface area contributed by atoms with E-state index in [1.165, 1.54) is 12.1 Å². The molecule has 0 aliphatic carbocycles. The zero-order valence-corrected chi connectivity index (χ0v) is 11.0. The number of aromatic nitrogens is 2. The number of hydrogen-bond donors (Lipinski definition) is 0. The molecule has 1 aromatic heterocycles. The van der Waals surface area contributed by atoms with Crippen LogP contribution in [0.2, 0.25) is 0 Å². The first-order chi connectivity index (χ1) is 8.60. The summed E-state index contributed by atoms with van der Waals surface area (Å²) < 4.78 is 18.4. The third-order valence-electron chi connectivity index (χ3n) is 2.55. The van der Waals surface area contributed by atoms with Crippen molar-refractivity contribution in [2.45, 2.75) is 32.1 Å². The molecule has 18 heavy (non-hydrogen) atoms. The number of benzene rings is 1.